The van der Waals surface area contributed by atoms with E-state index in [1.165, 1.54) is 6.26 Å². The van der Waals surface area contributed by atoms with Gasteiger partial charge in [0.2, 0.25) is 17.7 Å². The zero-order chi connectivity index (χ0) is 24.9. The number of anilines is 2. The van der Waals surface area contributed by atoms with Crippen molar-refractivity contribution in [3.8, 4) is 11.6 Å². The first-order valence-electron chi connectivity index (χ1n) is 12.8. The van der Waals surface area contributed by atoms with Gasteiger partial charge in [-0.05, 0) is 43.2 Å². The molecule has 0 radical (unpaired) electrons. The van der Waals surface area contributed by atoms with Crippen molar-refractivity contribution < 1.29 is 18.6 Å². The summed E-state index contributed by atoms with van der Waals surface area (Å²) in [6.45, 7) is 3.38. The van der Waals surface area contributed by atoms with Crippen molar-refractivity contribution in [3.63, 3.8) is 0 Å². The van der Waals surface area contributed by atoms with Crippen LogP contribution in [0.5, 0.6) is 11.6 Å². The van der Waals surface area contributed by atoms with Gasteiger partial charge in [0.1, 0.15) is 18.2 Å². The van der Waals surface area contributed by atoms with Gasteiger partial charge >= 0.3 is 0 Å². The molecular weight excluding hydrogens is 472 g/mol. The predicted octanol–water partition coefficient (Wildman–Crippen LogP) is 4.23. The Morgan fingerprint density at radius 2 is 1.81 bits per heavy atom. The SMILES string of the molecule is c1ccc2c(OC3CCC(Nc4ncc(OCc5ncco5)cn4)CC3)nc(N3CCOCC3)cc2c1. The summed E-state index contributed by atoms with van der Waals surface area (Å²) in [4.78, 5) is 20.0. The number of morpholine rings is 1. The highest BCUT2D eigenvalue weighted by Gasteiger charge is 2.25. The molecule has 192 valence electrons. The molecule has 1 N–H and O–H groups in total. The summed E-state index contributed by atoms with van der Waals surface area (Å²) in [5, 5.41) is 5.65. The molecule has 4 aromatic rings. The zero-order valence-corrected chi connectivity index (χ0v) is 20.6. The van der Waals surface area contributed by atoms with Crippen LogP contribution in [-0.2, 0) is 11.3 Å². The highest BCUT2D eigenvalue weighted by Crippen LogP contribution is 2.32. The molecule has 2 aliphatic rings. The van der Waals surface area contributed by atoms with E-state index in [-0.39, 0.29) is 12.7 Å². The van der Waals surface area contributed by atoms with Gasteiger partial charge in [0, 0.05) is 24.5 Å². The third kappa shape index (κ3) is 5.75. The van der Waals surface area contributed by atoms with Crippen LogP contribution in [0.2, 0.25) is 0 Å². The van der Waals surface area contributed by atoms with Gasteiger partial charge in [0.25, 0.3) is 0 Å². The number of hydrogen-bond acceptors (Lipinski definition) is 10. The lowest BCUT2D eigenvalue weighted by Gasteiger charge is -2.31. The van der Waals surface area contributed by atoms with Crippen LogP contribution in [0.15, 0.2) is 59.6 Å². The highest BCUT2D eigenvalue weighted by molar-refractivity contribution is 5.89. The Labute approximate surface area is 215 Å². The van der Waals surface area contributed by atoms with Crippen molar-refractivity contribution in [2.45, 2.75) is 44.4 Å². The van der Waals surface area contributed by atoms with Gasteiger partial charge in [-0.15, -0.1) is 0 Å². The van der Waals surface area contributed by atoms with E-state index in [4.69, 9.17) is 23.6 Å². The quantitative estimate of drug-likeness (QED) is 0.376. The average Bonchev–Trinajstić information content (AvgIpc) is 3.48. The van der Waals surface area contributed by atoms with Gasteiger partial charge in [-0.2, -0.15) is 4.98 Å². The molecule has 0 amide bonds. The Morgan fingerprint density at radius 3 is 2.59 bits per heavy atom. The van der Waals surface area contributed by atoms with Crippen LogP contribution in [0.4, 0.5) is 11.8 Å². The minimum atomic E-state index is 0.126. The number of ether oxygens (including phenoxy) is 3. The summed E-state index contributed by atoms with van der Waals surface area (Å²) in [7, 11) is 0. The normalized spacial score (nSPS) is 20.1. The lowest BCUT2D eigenvalue weighted by atomic mass is 9.93. The number of hydrogen-bond donors (Lipinski definition) is 1. The highest BCUT2D eigenvalue weighted by atomic mass is 16.5. The number of nitrogens with one attached hydrogen (secondary N) is 1. The van der Waals surface area contributed by atoms with Crippen molar-refractivity contribution in [1.29, 1.82) is 0 Å². The number of rotatable bonds is 8. The Morgan fingerprint density at radius 1 is 1.00 bits per heavy atom. The van der Waals surface area contributed by atoms with Gasteiger partial charge < -0.3 is 28.8 Å². The molecule has 0 spiro atoms. The van der Waals surface area contributed by atoms with Crippen LogP contribution in [0.3, 0.4) is 0 Å². The smallest absolute Gasteiger partial charge is 0.232 e. The molecule has 1 aliphatic heterocycles. The number of nitrogens with zero attached hydrogens (tertiary/aromatic N) is 5. The topological polar surface area (TPSA) is 108 Å². The first-order valence-corrected chi connectivity index (χ1v) is 12.8. The van der Waals surface area contributed by atoms with Crippen LogP contribution >= 0.6 is 0 Å². The van der Waals surface area contributed by atoms with Crippen LogP contribution in [0.1, 0.15) is 31.6 Å². The van der Waals surface area contributed by atoms with E-state index >= 15 is 0 Å². The average molecular weight is 503 g/mol. The van der Waals surface area contributed by atoms with E-state index in [9.17, 15) is 0 Å². The van der Waals surface area contributed by atoms with Crippen molar-refractivity contribution in [2.75, 3.05) is 36.5 Å². The first-order chi connectivity index (χ1) is 18.3. The minimum Gasteiger partial charge on any atom is -0.481 e. The van der Waals surface area contributed by atoms with Crippen LogP contribution in [0, 0.1) is 0 Å². The fraction of sp³-hybridized carbons (Fsp3) is 0.407. The van der Waals surface area contributed by atoms with E-state index < -0.39 is 0 Å². The van der Waals surface area contributed by atoms with E-state index in [2.05, 4.69) is 49.4 Å². The van der Waals surface area contributed by atoms with Crippen LogP contribution in [-0.4, -0.2) is 58.4 Å². The molecule has 10 nitrogen and oxygen atoms in total. The molecule has 0 unspecified atom stereocenters. The third-order valence-electron chi connectivity index (χ3n) is 6.79. The lowest BCUT2D eigenvalue weighted by Crippen LogP contribution is -2.37. The molecule has 1 aromatic carbocycles. The first kappa shape index (κ1) is 23.5. The molecule has 1 aliphatic carbocycles. The summed E-state index contributed by atoms with van der Waals surface area (Å²) in [5.74, 6) is 3.35. The second-order valence-corrected chi connectivity index (χ2v) is 9.30. The van der Waals surface area contributed by atoms with Crippen LogP contribution < -0.4 is 19.7 Å². The van der Waals surface area contributed by atoms with Gasteiger partial charge in [-0.3, -0.25) is 0 Å². The Bertz CT molecular complexity index is 1290. The van der Waals surface area contributed by atoms with Crippen molar-refractivity contribution >= 4 is 22.5 Å². The number of aromatic nitrogens is 4. The standard InChI is InChI=1S/C27H30N6O4/c1-2-4-23-19(3-1)15-24(33-10-13-34-14-11-33)32-26(23)37-21-7-5-20(6-8-21)31-27-29-16-22(17-30-27)36-18-25-28-9-12-35-25/h1-4,9,12,15-17,20-21H,5-8,10-11,13-14,18H2,(H,29,30,31). The second-order valence-electron chi connectivity index (χ2n) is 9.30. The summed E-state index contributed by atoms with van der Waals surface area (Å²) < 4.78 is 22.8. The molecule has 0 atom stereocenters. The molecule has 37 heavy (non-hydrogen) atoms. The maximum absolute atomic E-state index is 6.51. The van der Waals surface area contributed by atoms with Crippen molar-refractivity contribution in [3.05, 3.63) is 61.1 Å². The fourth-order valence-corrected chi connectivity index (χ4v) is 4.80. The Balaban J connectivity index is 1.05. The summed E-state index contributed by atoms with van der Waals surface area (Å²) in [6, 6.07) is 10.8. The van der Waals surface area contributed by atoms with E-state index in [1.54, 1.807) is 18.6 Å². The van der Waals surface area contributed by atoms with Gasteiger partial charge in [0.15, 0.2) is 12.4 Å². The number of benzene rings is 1. The molecule has 1 saturated carbocycles. The zero-order valence-electron chi connectivity index (χ0n) is 20.6. The monoisotopic (exact) mass is 502 g/mol. The van der Waals surface area contributed by atoms with Crippen LogP contribution in [0.25, 0.3) is 10.8 Å². The molecule has 3 aromatic heterocycles. The predicted molar refractivity (Wildman–Crippen MR) is 138 cm³/mol. The maximum Gasteiger partial charge on any atom is 0.232 e. The molecule has 10 heteroatoms. The van der Waals surface area contributed by atoms with Gasteiger partial charge in [-0.25, -0.2) is 15.0 Å². The van der Waals surface area contributed by atoms with E-state index in [0.717, 1.165) is 74.5 Å². The molecule has 2 fully saturated rings. The van der Waals surface area contributed by atoms with E-state index in [1.807, 2.05) is 6.07 Å². The second kappa shape index (κ2) is 11.0. The van der Waals surface area contributed by atoms with Gasteiger partial charge in [0.05, 0.1) is 31.8 Å². The number of pyridine rings is 1. The largest absolute Gasteiger partial charge is 0.481 e. The van der Waals surface area contributed by atoms with Crippen molar-refractivity contribution in [2.24, 2.45) is 0 Å². The number of fused-ring (bicyclic) bond motifs is 1. The Kier molecular flexibility index (Phi) is 6.98. The maximum atomic E-state index is 6.51. The number of oxazole rings is 1. The van der Waals surface area contributed by atoms with Gasteiger partial charge in [-0.1, -0.05) is 18.2 Å². The summed E-state index contributed by atoms with van der Waals surface area (Å²) in [5.41, 5.74) is 0. The van der Waals surface area contributed by atoms with Crippen molar-refractivity contribution in [1.82, 2.24) is 19.9 Å². The molecule has 6 rings (SSSR count). The lowest BCUT2D eigenvalue weighted by molar-refractivity contribution is 0.122. The molecular formula is C27H30N6O4. The molecule has 4 heterocycles. The van der Waals surface area contributed by atoms with E-state index in [0.29, 0.717) is 23.6 Å². The molecule has 0 bridgehead atoms. The molecule has 1 saturated heterocycles. The fourth-order valence-electron chi connectivity index (χ4n) is 4.80. The Hall–Kier alpha value is -3.92. The summed E-state index contributed by atoms with van der Waals surface area (Å²) >= 11 is 0. The minimum absolute atomic E-state index is 0.126. The third-order valence-corrected chi connectivity index (χ3v) is 6.79. The summed E-state index contributed by atoms with van der Waals surface area (Å²) in [6.07, 6.45) is 10.4.